The summed E-state index contributed by atoms with van der Waals surface area (Å²) < 4.78 is 0. The maximum absolute atomic E-state index is 12.4. The molecule has 0 unspecified atom stereocenters. The largest absolute Gasteiger partial charge is 0.342 e. The molecule has 2 aromatic rings. The Morgan fingerprint density at radius 1 is 1.21 bits per heavy atom. The van der Waals surface area contributed by atoms with E-state index in [1.54, 1.807) is 11.8 Å². The van der Waals surface area contributed by atoms with Gasteiger partial charge >= 0.3 is 0 Å². The highest BCUT2D eigenvalue weighted by molar-refractivity contribution is 8.00. The van der Waals surface area contributed by atoms with Gasteiger partial charge < -0.3 is 10.6 Å². The molecule has 1 saturated heterocycles. The molecular weight excluding hydrogens is 363 g/mol. The van der Waals surface area contributed by atoms with Crippen LogP contribution in [0.1, 0.15) is 12.8 Å². The summed E-state index contributed by atoms with van der Waals surface area (Å²) >= 11 is 7.91. The Bertz CT molecular complexity index is 697. The maximum atomic E-state index is 12.4. The van der Waals surface area contributed by atoms with E-state index in [0.29, 0.717) is 11.7 Å². The van der Waals surface area contributed by atoms with Crippen LogP contribution in [0.3, 0.4) is 0 Å². The molecule has 1 aliphatic heterocycles. The molecule has 2 aromatic carbocycles. The number of rotatable bonds is 4. The quantitative estimate of drug-likeness (QED) is 0.803. The molecule has 1 fully saturated rings. The van der Waals surface area contributed by atoms with E-state index in [4.69, 9.17) is 17.3 Å². The molecule has 24 heavy (non-hydrogen) atoms. The minimum absolute atomic E-state index is 0. The number of amides is 1. The Hall–Kier alpha value is -0.940. The lowest BCUT2D eigenvalue weighted by Crippen LogP contribution is -2.40. The van der Waals surface area contributed by atoms with E-state index in [2.05, 4.69) is 0 Å². The molecule has 0 aromatic heterocycles. The second kappa shape index (κ2) is 8.95. The minimum Gasteiger partial charge on any atom is -0.342 e. The van der Waals surface area contributed by atoms with Crippen molar-refractivity contribution in [1.82, 2.24) is 4.90 Å². The lowest BCUT2D eigenvalue weighted by molar-refractivity contribution is -0.129. The number of hydrogen-bond donors (Lipinski definition) is 1. The zero-order valence-corrected chi connectivity index (χ0v) is 15.8. The van der Waals surface area contributed by atoms with E-state index in [0.717, 1.165) is 53.2 Å². The highest BCUT2D eigenvalue weighted by Crippen LogP contribution is 2.33. The van der Waals surface area contributed by atoms with Gasteiger partial charge in [0.15, 0.2) is 0 Å². The van der Waals surface area contributed by atoms with Crippen molar-refractivity contribution in [3.8, 4) is 0 Å². The van der Waals surface area contributed by atoms with E-state index >= 15 is 0 Å². The van der Waals surface area contributed by atoms with Crippen LogP contribution in [0.4, 0.5) is 0 Å². The topological polar surface area (TPSA) is 46.3 Å². The summed E-state index contributed by atoms with van der Waals surface area (Å²) in [7, 11) is 0. The number of piperidine rings is 1. The molecule has 1 aliphatic rings. The highest BCUT2D eigenvalue weighted by Gasteiger charge is 2.22. The maximum Gasteiger partial charge on any atom is 0.232 e. The van der Waals surface area contributed by atoms with Gasteiger partial charge in [0.1, 0.15) is 0 Å². The van der Waals surface area contributed by atoms with E-state index in [1.807, 2.05) is 41.3 Å². The zero-order chi connectivity index (χ0) is 16.2. The molecule has 6 heteroatoms. The van der Waals surface area contributed by atoms with E-state index in [1.165, 1.54) is 0 Å². The molecule has 1 amide bonds. The number of hydrogen-bond acceptors (Lipinski definition) is 3. The summed E-state index contributed by atoms with van der Waals surface area (Å²) in [6.07, 6.45) is 2.04. The summed E-state index contributed by atoms with van der Waals surface area (Å²) in [5, 5.41) is 2.89. The predicted molar refractivity (Wildman–Crippen MR) is 105 cm³/mol. The average molecular weight is 385 g/mol. The van der Waals surface area contributed by atoms with Crippen LogP contribution in [-0.2, 0) is 4.79 Å². The van der Waals surface area contributed by atoms with Crippen molar-refractivity contribution in [1.29, 1.82) is 0 Å². The lowest BCUT2D eigenvalue weighted by Gasteiger charge is -2.31. The fourth-order valence-corrected chi connectivity index (χ4v) is 4.38. The van der Waals surface area contributed by atoms with Crippen LogP contribution in [0.15, 0.2) is 41.3 Å². The SMILES string of the molecule is Cl.NCC1CCN(C(=O)CSc2cccc3cccc(Cl)c23)CC1. The van der Waals surface area contributed by atoms with Crippen molar-refractivity contribution in [3.05, 3.63) is 41.4 Å². The van der Waals surface area contributed by atoms with Gasteiger partial charge in [0.25, 0.3) is 0 Å². The number of benzene rings is 2. The first kappa shape index (κ1) is 19.4. The molecule has 0 atom stereocenters. The third kappa shape index (κ3) is 4.37. The van der Waals surface area contributed by atoms with Crippen LogP contribution in [0.5, 0.6) is 0 Å². The Morgan fingerprint density at radius 3 is 2.54 bits per heavy atom. The van der Waals surface area contributed by atoms with Crippen LogP contribution in [0, 0.1) is 5.92 Å². The lowest BCUT2D eigenvalue weighted by atomic mass is 9.97. The van der Waals surface area contributed by atoms with Gasteiger partial charge in [-0.25, -0.2) is 0 Å². The predicted octanol–water partition coefficient (Wildman–Crippen LogP) is 4.20. The second-order valence-corrected chi connectivity index (χ2v) is 7.37. The van der Waals surface area contributed by atoms with Crippen LogP contribution in [-0.4, -0.2) is 36.2 Å². The molecule has 0 spiro atoms. The molecule has 0 aliphatic carbocycles. The highest BCUT2D eigenvalue weighted by atomic mass is 35.5. The van der Waals surface area contributed by atoms with Crippen LogP contribution < -0.4 is 5.73 Å². The summed E-state index contributed by atoms with van der Waals surface area (Å²) in [5.74, 6) is 1.23. The third-order valence-electron chi connectivity index (χ3n) is 4.47. The second-order valence-electron chi connectivity index (χ2n) is 5.94. The van der Waals surface area contributed by atoms with E-state index in [9.17, 15) is 4.79 Å². The van der Waals surface area contributed by atoms with Crippen LogP contribution >= 0.6 is 35.8 Å². The molecule has 130 valence electrons. The van der Waals surface area contributed by atoms with Crippen LogP contribution in [0.2, 0.25) is 5.02 Å². The van der Waals surface area contributed by atoms with E-state index < -0.39 is 0 Å². The van der Waals surface area contributed by atoms with Crippen molar-refractivity contribution in [2.75, 3.05) is 25.4 Å². The van der Waals surface area contributed by atoms with Crippen molar-refractivity contribution in [2.45, 2.75) is 17.7 Å². The smallest absolute Gasteiger partial charge is 0.232 e. The minimum atomic E-state index is 0. The van der Waals surface area contributed by atoms with Gasteiger partial charge in [-0.15, -0.1) is 24.2 Å². The first-order valence-corrected chi connectivity index (χ1v) is 9.33. The van der Waals surface area contributed by atoms with Crippen molar-refractivity contribution >= 4 is 52.4 Å². The van der Waals surface area contributed by atoms with Crippen molar-refractivity contribution in [2.24, 2.45) is 11.7 Å². The number of nitrogens with two attached hydrogens (primary N) is 1. The number of thioether (sulfide) groups is 1. The van der Waals surface area contributed by atoms with E-state index in [-0.39, 0.29) is 18.3 Å². The number of carbonyl (C=O) groups excluding carboxylic acids is 1. The normalized spacial score (nSPS) is 15.3. The standard InChI is InChI=1S/C18H21ClN2OS.ClH/c19-15-5-1-3-14-4-2-6-16(18(14)15)23-12-17(22)21-9-7-13(11-20)8-10-21;/h1-6,13H,7-12,20H2;1H. The summed E-state index contributed by atoms with van der Waals surface area (Å²) in [6, 6.07) is 12.0. The molecule has 0 bridgehead atoms. The zero-order valence-electron chi connectivity index (χ0n) is 13.4. The molecule has 1 heterocycles. The van der Waals surface area contributed by atoms with Crippen molar-refractivity contribution in [3.63, 3.8) is 0 Å². The first-order chi connectivity index (χ1) is 11.2. The number of carbonyl (C=O) groups is 1. The van der Waals surface area contributed by atoms with Gasteiger partial charge in [0.05, 0.1) is 5.75 Å². The molecule has 0 radical (unpaired) electrons. The van der Waals surface area contributed by atoms with Gasteiger partial charge in [-0.05, 0) is 42.8 Å². The Labute approximate surface area is 158 Å². The average Bonchev–Trinajstić information content (AvgIpc) is 2.60. The Balaban J connectivity index is 0.00000208. The fraction of sp³-hybridized carbons (Fsp3) is 0.389. The number of nitrogens with zero attached hydrogens (tertiary/aromatic N) is 1. The summed E-state index contributed by atoms with van der Waals surface area (Å²) in [4.78, 5) is 15.5. The number of likely N-dealkylation sites (tertiary alicyclic amines) is 1. The third-order valence-corrected chi connectivity index (χ3v) is 5.82. The Kier molecular flexibility index (Phi) is 7.23. The number of halogens is 2. The summed E-state index contributed by atoms with van der Waals surface area (Å²) in [6.45, 7) is 2.39. The van der Waals surface area contributed by atoms with Gasteiger partial charge in [-0.1, -0.05) is 35.9 Å². The van der Waals surface area contributed by atoms with Gasteiger partial charge in [0, 0.05) is 28.4 Å². The Morgan fingerprint density at radius 2 is 1.88 bits per heavy atom. The van der Waals surface area contributed by atoms with Gasteiger partial charge in [0.2, 0.25) is 5.91 Å². The van der Waals surface area contributed by atoms with Gasteiger partial charge in [-0.3, -0.25) is 4.79 Å². The van der Waals surface area contributed by atoms with Crippen LogP contribution in [0.25, 0.3) is 10.8 Å². The van der Waals surface area contributed by atoms with Crippen molar-refractivity contribution < 1.29 is 4.79 Å². The molecule has 0 saturated carbocycles. The molecule has 3 rings (SSSR count). The fourth-order valence-electron chi connectivity index (χ4n) is 3.03. The summed E-state index contributed by atoms with van der Waals surface area (Å²) in [5.41, 5.74) is 5.71. The molecular formula is C18H22Cl2N2OS. The molecule has 3 nitrogen and oxygen atoms in total. The number of fused-ring (bicyclic) bond motifs is 1. The monoisotopic (exact) mass is 384 g/mol. The first-order valence-electron chi connectivity index (χ1n) is 7.97. The van der Waals surface area contributed by atoms with Gasteiger partial charge in [-0.2, -0.15) is 0 Å². The molecule has 2 N–H and O–H groups in total.